The molecule has 7 heteroatoms. The molecule has 0 aliphatic rings. The van der Waals surface area contributed by atoms with Crippen molar-refractivity contribution in [2.75, 3.05) is 11.1 Å². The number of non-ortho nitro benzene ring substituents is 1. The highest BCUT2D eigenvalue weighted by atomic mass is 79.9. The number of nitro benzene ring substituents is 1. The van der Waals surface area contributed by atoms with Crippen LogP contribution in [0.25, 0.3) is 10.8 Å². The lowest BCUT2D eigenvalue weighted by Crippen LogP contribution is -2.14. The first-order valence-electron chi connectivity index (χ1n) is 7.38. The molecule has 0 aromatic heterocycles. The van der Waals surface area contributed by atoms with Crippen LogP contribution in [0.1, 0.15) is 0 Å². The van der Waals surface area contributed by atoms with Crippen molar-refractivity contribution in [1.82, 2.24) is 0 Å². The van der Waals surface area contributed by atoms with E-state index in [1.807, 2.05) is 36.4 Å². The molecule has 0 heterocycles. The maximum Gasteiger partial charge on any atom is 0.270 e. The Labute approximate surface area is 156 Å². The number of fused-ring (bicyclic) bond motifs is 1. The third-order valence-corrected chi connectivity index (χ3v) is 5.18. The van der Waals surface area contributed by atoms with Crippen LogP contribution in [-0.2, 0) is 4.79 Å². The van der Waals surface area contributed by atoms with Gasteiger partial charge in [-0.05, 0) is 44.9 Å². The number of rotatable bonds is 5. The van der Waals surface area contributed by atoms with Crippen molar-refractivity contribution >= 4 is 55.7 Å². The van der Waals surface area contributed by atoms with E-state index in [9.17, 15) is 14.9 Å². The average Bonchev–Trinajstić information content (AvgIpc) is 2.61. The van der Waals surface area contributed by atoms with E-state index in [1.54, 1.807) is 0 Å². The SMILES string of the molecule is O=C(CSc1ccc2ccccc2c1)Nc1ccc([N+](=O)[O-])cc1Br. The number of carbonyl (C=O) groups is 1. The van der Waals surface area contributed by atoms with Crippen LogP contribution >= 0.6 is 27.7 Å². The number of nitrogens with one attached hydrogen (secondary N) is 1. The zero-order chi connectivity index (χ0) is 17.8. The summed E-state index contributed by atoms with van der Waals surface area (Å²) in [6.45, 7) is 0. The first-order valence-corrected chi connectivity index (χ1v) is 9.16. The number of nitrogens with zero attached hydrogens (tertiary/aromatic N) is 1. The Morgan fingerprint density at radius 3 is 2.56 bits per heavy atom. The molecule has 1 amide bonds. The van der Waals surface area contributed by atoms with Gasteiger partial charge in [0.15, 0.2) is 0 Å². The van der Waals surface area contributed by atoms with E-state index in [4.69, 9.17) is 0 Å². The van der Waals surface area contributed by atoms with Crippen LogP contribution in [0.3, 0.4) is 0 Å². The summed E-state index contributed by atoms with van der Waals surface area (Å²) in [6, 6.07) is 18.4. The fourth-order valence-electron chi connectivity index (χ4n) is 2.31. The Morgan fingerprint density at radius 1 is 1.08 bits per heavy atom. The summed E-state index contributed by atoms with van der Waals surface area (Å²) < 4.78 is 0.478. The van der Waals surface area contributed by atoms with Crippen LogP contribution < -0.4 is 5.32 Å². The summed E-state index contributed by atoms with van der Waals surface area (Å²) in [4.78, 5) is 23.4. The van der Waals surface area contributed by atoms with Gasteiger partial charge in [-0.25, -0.2) is 0 Å². The second-order valence-electron chi connectivity index (χ2n) is 5.27. The van der Waals surface area contributed by atoms with Crippen LogP contribution in [0.5, 0.6) is 0 Å². The summed E-state index contributed by atoms with van der Waals surface area (Å²) in [5, 5.41) is 15.8. The zero-order valence-electron chi connectivity index (χ0n) is 12.9. The van der Waals surface area contributed by atoms with Gasteiger partial charge in [0, 0.05) is 21.5 Å². The highest BCUT2D eigenvalue weighted by Crippen LogP contribution is 2.28. The third kappa shape index (κ3) is 4.37. The number of carbonyl (C=O) groups excluding carboxylic acids is 1. The van der Waals surface area contributed by atoms with Gasteiger partial charge < -0.3 is 5.32 Å². The third-order valence-electron chi connectivity index (χ3n) is 3.53. The lowest BCUT2D eigenvalue weighted by atomic mass is 10.1. The normalized spacial score (nSPS) is 10.6. The maximum atomic E-state index is 12.1. The Kier molecular flexibility index (Phi) is 5.35. The van der Waals surface area contributed by atoms with Crippen molar-refractivity contribution < 1.29 is 9.72 Å². The van der Waals surface area contributed by atoms with E-state index in [0.29, 0.717) is 10.2 Å². The lowest BCUT2D eigenvalue weighted by Gasteiger charge is -2.08. The quantitative estimate of drug-likeness (QED) is 0.350. The van der Waals surface area contributed by atoms with Crippen molar-refractivity contribution in [3.05, 3.63) is 75.3 Å². The molecule has 0 unspecified atom stereocenters. The summed E-state index contributed by atoms with van der Waals surface area (Å²) in [6.07, 6.45) is 0. The average molecular weight is 417 g/mol. The van der Waals surface area contributed by atoms with Gasteiger partial charge in [0.25, 0.3) is 5.69 Å². The molecule has 0 bridgehead atoms. The molecule has 0 radical (unpaired) electrons. The van der Waals surface area contributed by atoms with Crippen molar-refractivity contribution in [2.24, 2.45) is 0 Å². The molecule has 126 valence electrons. The molecule has 0 aliphatic carbocycles. The first-order chi connectivity index (χ1) is 12.0. The van der Waals surface area contributed by atoms with Gasteiger partial charge >= 0.3 is 0 Å². The van der Waals surface area contributed by atoms with Crippen LogP contribution in [0, 0.1) is 10.1 Å². The van der Waals surface area contributed by atoms with Gasteiger partial charge in [0.1, 0.15) is 0 Å². The van der Waals surface area contributed by atoms with E-state index in [-0.39, 0.29) is 17.3 Å². The second kappa shape index (κ2) is 7.67. The Bertz CT molecular complexity index is 962. The van der Waals surface area contributed by atoms with Gasteiger partial charge in [0.05, 0.1) is 16.4 Å². The molecular formula is C18H13BrN2O3S. The smallest absolute Gasteiger partial charge is 0.270 e. The minimum Gasteiger partial charge on any atom is -0.324 e. The van der Waals surface area contributed by atoms with Gasteiger partial charge in [-0.15, -0.1) is 11.8 Å². The number of anilines is 1. The molecular weight excluding hydrogens is 404 g/mol. The van der Waals surface area contributed by atoms with Gasteiger partial charge in [0.2, 0.25) is 5.91 Å². The number of thioether (sulfide) groups is 1. The Morgan fingerprint density at radius 2 is 1.84 bits per heavy atom. The zero-order valence-corrected chi connectivity index (χ0v) is 15.3. The molecule has 3 aromatic carbocycles. The molecule has 0 aliphatic heterocycles. The Hall–Kier alpha value is -2.38. The van der Waals surface area contributed by atoms with Gasteiger partial charge in [-0.1, -0.05) is 30.3 Å². The predicted molar refractivity (Wildman–Crippen MR) is 104 cm³/mol. The topological polar surface area (TPSA) is 72.2 Å². The number of hydrogen-bond donors (Lipinski definition) is 1. The molecule has 5 nitrogen and oxygen atoms in total. The number of halogens is 1. The molecule has 1 N–H and O–H groups in total. The molecule has 0 spiro atoms. The van der Waals surface area contributed by atoms with E-state index in [0.717, 1.165) is 15.7 Å². The number of benzene rings is 3. The highest BCUT2D eigenvalue weighted by Gasteiger charge is 2.11. The number of amides is 1. The molecule has 0 saturated carbocycles. The summed E-state index contributed by atoms with van der Waals surface area (Å²) in [7, 11) is 0. The minimum atomic E-state index is -0.480. The second-order valence-corrected chi connectivity index (χ2v) is 7.17. The largest absolute Gasteiger partial charge is 0.324 e. The van der Waals surface area contributed by atoms with E-state index in [2.05, 4.69) is 27.3 Å². The van der Waals surface area contributed by atoms with Crippen LogP contribution in [0.4, 0.5) is 11.4 Å². The molecule has 0 fully saturated rings. The van der Waals surface area contributed by atoms with Gasteiger partial charge in [-0.3, -0.25) is 14.9 Å². The standard InChI is InChI=1S/C18H13BrN2O3S/c19-16-10-14(21(23)24)6-8-17(16)20-18(22)11-25-15-7-5-12-3-1-2-4-13(12)9-15/h1-10H,11H2,(H,20,22). The number of hydrogen-bond acceptors (Lipinski definition) is 4. The molecule has 0 atom stereocenters. The van der Waals surface area contributed by atoms with Crippen LogP contribution in [-0.4, -0.2) is 16.6 Å². The van der Waals surface area contributed by atoms with Crippen molar-refractivity contribution in [2.45, 2.75) is 4.90 Å². The monoisotopic (exact) mass is 416 g/mol. The maximum absolute atomic E-state index is 12.1. The minimum absolute atomic E-state index is 0.0320. The first kappa shape index (κ1) is 17.4. The summed E-state index contributed by atoms with van der Waals surface area (Å²) in [5.74, 6) is 0.0783. The fraction of sp³-hybridized carbons (Fsp3) is 0.0556. The van der Waals surface area contributed by atoms with Crippen LogP contribution in [0.2, 0.25) is 0 Å². The lowest BCUT2D eigenvalue weighted by molar-refractivity contribution is -0.384. The Balaban J connectivity index is 1.63. The summed E-state index contributed by atoms with van der Waals surface area (Å²) >= 11 is 4.68. The highest BCUT2D eigenvalue weighted by molar-refractivity contribution is 9.10. The molecule has 3 rings (SSSR count). The van der Waals surface area contributed by atoms with Gasteiger partial charge in [-0.2, -0.15) is 0 Å². The predicted octanol–water partition coefficient (Wildman–Crippen LogP) is 5.24. The van der Waals surface area contributed by atoms with Crippen LogP contribution in [0.15, 0.2) is 70.0 Å². The van der Waals surface area contributed by atoms with Crippen molar-refractivity contribution in [3.8, 4) is 0 Å². The van der Waals surface area contributed by atoms with E-state index < -0.39 is 4.92 Å². The van der Waals surface area contributed by atoms with Crippen molar-refractivity contribution in [1.29, 1.82) is 0 Å². The van der Waals surface area contributed by atoms with E-state index in [1.165, 1.54) is 30.0 Å². The molecule has 25 heavy (non-hydrogen) atoms. The molecule has 0 saturated heterocycles. The summed E-state index contributed by atoms with van der Waals surface area (Å²) in [5.41, 5.74) is 0.477. The molecule has 3 aromatic rings. The fourth-order valence-corrected chi connectivity index (χ4v) is 3.52. The number of nitro groups is 1. The van der Waals surface area contributed by atoms with Crippen molar-refractivity contribution in [3.63, 3.8) is 0 Å². The van der Waals surface area contributed by atoms with E-state index >= 15 is 0 Å².